The second kappa shape index (κ2) is 5.94. The Labute approximate surface area is 119 Å². The monoisotopic (exact) mass is 275 g/mol. The van der Waals surface area contributed by atoms with Gasteiger partial charge < -0.3 is 16.0 Å². The van der Waals surface area contributed by atoms with Crippen molar-refractivity contribution >= 4 is 17.6 Å². The summed E-state index contributed by atoms with van der Waals surface area (Å²) in [5.74, 6) is 0.532. The molecule has 20 heavy (non-hydrogen) atoms. The molecular formula is C15H21N3O2. The molecular weight excluding hydrogens is 254 g/mol. The molecule has 0 unspecified atom stereocenters. The Balaban J connectivity index is 2.04. The van der Waals surface area contributed by atoms with E-state index in [1.54, 1.807) is 24.3 Å². The van der Waals surface area contributed by atoms with E-state index < -0.39 is 5.91 Å². The van der Waals surface area contributed by atoms with Gasteiger partial charge in [-0.25, -0.2) is 4.79 Å². The normalized spacial score (nSPS) is 22.4. The molecule has 1 heterocycles. The van der Waals surface area contributed by atoms with E-state index in [0.29, 0.717) is 23.1 Å². The van der Waals surface area contributed by atoms with Crippen molar-refractivity contribution in [2.24, 2.45) is 17.6 Å². The number of piperidine rings is 1. The molecule has 0 aliphatic carbocycles. The van der Waals surface area contributed by atoms with E-state index in [1.807, 2.05) is 4.90 Å². The molecule has 0 bridgehead atoms. The number of carbonyl (C=O) groups is 2. The molecule has 1 aliphatic rings. The summed E-state index contributed by atoms with van der Waals surface area (Å²) in [4.78, 5) is 25.2. The van der Waals surface area contributed by atoms with E-state index in [-0.39, 0.29) is 6.03 Å². The number of urea groups is 1. The Morgan fingerprint density at radius 2 is 1.90 bits per heavy atom. The van der Waals surface area contributed by atoms with Gasteiger partial charge in [-0.1, -0.05) is 19.9 Å². The molecule has 2 atom stereocenters. The summed E-state index contributed by atoms with van der Waals surface area (Å²) >= 11 is 0. The van der Waals surface area contributed by atoms with Gasteiger partial charge in [-0.3, -0.25) is 4.79 Å². The summed E-state index contributed by atoms with van der Waals surface area (Å²) in [7, 11) is 0. The highest BCUT2D eigenvalue weighted by Crippen LogP contribution is 2.21. The number of amides is 3. The van der Waals surface area contributed by atoms with Crippen LogP contribution >= 0.6 is 0 Å². The van der Waals surface area contributed by atoms with E-state index in [0.717, 1.165) is 19.5 Å². The Bertz CT molecular complexity index is 506. The third-order valence-electron chi connectivity index (χ3n) is 3.55. The van der Waals surface area contributed by atoms with E-state index in [4.69, 9.17) is 5.73 Å². The number of rotatable bonds is 2. The van der Waals surface area contributed by atoms with Crippen LogP contribution in [0.2, 0.25) is 0 Å². The predicted octanol–water partition coefficient (Wildman–Crippen LogP) is 2.30. The van der Waals surface area contributed by atoms with Crippen molar-refractivity contribution in [1.29, 1.82) is 0 Å². The number of anilines is 1. The quantitative estimate of drug-likeness (QED) is 0.869. The fraction of sp³-hybridized carbons (Fsp3) is 0.467. The van der Waals surface area contributed by atoms with Crippen LogP contribution in [0.15, 0.2) is 24.3 Å². The van der Waals surface area contributed by atoms with Gasteiger partial charge in [-0.05, 0) is 36.5 Å². The molecule has 1 saturated heterocycles. The number of nitrogens with one attached hydrogen (secondary N) is 1. The third-order valence-corrected chi connectivity index (χ3v) is 3.55. The third kappa shape index (κ3) is 3.50. The molecule has 1 aromatic carbocycles. The molecule has 108 valence electrons. The van der Waals surface area contributed by atoms with Crippen molar-refractivity contribution in [3.05, 3.63) is 29.8 Å². The number of hydrogen-bond donors (Lipinski definition) is 2. The van der Waals surface area contributed by atoms with Crippen molar-refractivity contribution < 1.29 is 9.59 Å². The molecule has 1 aromatic rings. The molecule has 5 nitrogen and oxygen atoms in total. The van der Waals surface area contributed by atoms with Gasteiger partial charge >= 0.3 is 6.03 Å². The number of likely N-dealkylation sites (tertiary alicyclic amines) is 1. The molecule has 5 heteroatoms. The lowest BCUT2D eigenvalue weighted by molar-refractivity contribution is 0.1000. The molecule has 0 radical (unpaired) electrons. The lowest BCUT2D eigenvalue weighted by Gasteiger charge is -2.34. The lowest BCUT2D eigenvalue weighted by atomic mass is 9.92. The van der Waals surface area contributed by atoms with E-state index in [2.05, 4.69) is 19.2 Å². The van der Waals surface area contributed by atoms with Crippen LogP contribution in [0.1, 0.15) is 30.6 Å². The second-order valence-corrected chi connectivity index (χ2v) is 5.73. The number of primary amides is 1. The van der Waals surface area contributed by atoms with Crippen LogP contribution in [0.25, 0.3) is 0 Å². The number of nitrogens with two attached hydrogens (primary N) is 1. The van der Waals surface area contributed by atoms with Crippen molar-refractivity contribution in [3.8, 4) is 0 Å². The SMILES string of the molecule is C[C@@H]1C[C@H](C)CN(C(=O)Nc2cccc(C(N)=O)c2)C1. The smallest absolute Gasteiger partial charge is 0.321 e. The maximum absolute atomic E-state index is 12.2. The molecule has 0 spiro atoms. The van der Waals surface area contributed by atoms with Crippen LogP contribution in [-0.4, -0.2) is 29.9 Å². The van der Waals surface area contributed by atoms with Gasteiger partial charge in [0, 0.05) is 24.3 Å². The first-order chi connectivity index (χ1) is 9.45. The van der Waals surface area contributed by atoms with Crippen LogP contribution in [0.3, 0.4) is 0 Å². The zero-order valence-corrected chi connectivity index (χ0v) is 11.9. The van der Waals surface area contributed by atoms with Gasteiger partial charge in [0.1, 0.15) is 0 Å². The fourth-order valence-electron chi connectivity index (χ4n) is 2.78. The largest absolute Gasteiger partial charge is 0.366 e. The molecule has 1 aliphatic heterocycles. The van der Waals surface area contributed by atoms with E-state index in [9.17, 15) is 9.59 Å². The van der Waals surface area contributed by atoms with Gasteiger partial charge in [0.15, 0.2) is 0 Å². The lowest BCUT2D eigenvalue weighted by Crippen LogP contribution is -2.44. The number of benzene rings is 1. The maximum Gasteiger partial charge on any atom is 0.321 e. The molecule has 3 N–H and O–H groups in total. The average Bonchev–Trinajstić information content (AvgIpc) is 2.37. The minimum atomic E-state index is -0.499. The van der Waals surface area contributed by atoms with Gasteiger partial charge in [0.05, 0.1) is 0 Å². The average molecular weight is 275 g/mol. The number of nitrogens with zero attached hydrogens (tertiary/aromatic N) is 1. The highest BCUT2D eigenvalue weighted by atomic mass is 16.2. The van der Waals surface area contributed by atoms with Crippen LogP contribution in [0.5, 0.6) is 0 Å². The molecule has 2 rings (SSSR count). The Morgan fingerprint density at radius 1 is 1.25 bits per heavy atom. The summed E-state index contributed by atoms with van der Waals surface area (Å²) in [5, 5.41) is 2.83. The van der Waals surface area contributed by atoms with Crippen molar-refractivity contribution in [2.45, 2.75) is 20.3 Å². The Morgan fingerprint density at radius 3 is 2.50 bits per heavy atom. The minimum Gasteiger partial charge on any atom is -0.366 e. The fourth-order valence-corrected chi connectivity index (χ4v) is 2.78. The topological polar surface area (TPSA) is 75.4 Å². The number of hydrogen-bond acceptors (Lipinski definition) is 2. The van der Waals surface area contributed by atoms with E-state index in [1.165, 1.54) is 0 Å². The van der Waals surface area contributed by atoms with E-state index >= 15 is 0 Å². The summed E-state index contributed by atoms with van der Waals surface area (Å²) < 4.78 is 0. The Hall–Kier alpha value is -2.04. The zero-order valence-electron chi connectivity index (χ0n) is 11.9. The molecule has 0 aromatic heterocycles. The van der Waals surface area contributed by atoms with Gasteiger partial charge in [0.2, 0.25) is 5.91 Å². The predicted molar refractivity (Wildman–Crippen MR) is 78.5 cm³/mol. The summed E-state index contributed by atoms with van der Waals surface area (Å²) in [6, 6.07) is 6.56. The van der Waals surface area contributed by atoms with Crippen LogP contribution in [-0.2, 0) is 0 Å². The standard InChI is InChI=1S/C15H21N3O2/c1-10-6-11(2)9-18(8-10)15(20)17-13-5-3-4-12(7-13)14(16)19/h3-5,7,10-11H,6,8-9H2,1-2H3,(H2,16,19)(H,17,20)/t10-,11+. The first-order valence-corrected chi connectivity index (χ1v) is 6.91. The van der Waals surface area contributed by atoms with Crippen LogP contribution < -0.4 is 11.1 Å². The highest BCUT2D eigenvalue weighted by molar-refractivity contribution is 5.95. The summed E-state index contributed by atoms with van der Waals surface area (Å²) in [5.41, 5.74) is 6.22. The zero-order chi connectivity index (χ0) is 14.7. The van der Waals surface area contributed by atoms with Crippen molar-refractivity contribution in [3.63, 3.8) is 0 Å². The second-order valence-electron chi connectivity index (χ2n) is 5.73. The van der Waals surface area contributed by atoms with Crippen LogP contribution in [0.4, 0.5) is 10.5 Å². The van der Waals surface area contributed by atoms with Gasteiger partial charge in [0.25, 0.3) is 0 Å². The Kier molecular flexibility index (Phi) is 4.27. The molecule has 3 amide bonds. The maximum atomic E-state index is 12.2. The highest BCUT2D eigenvalue weighted by Gasteiger charge is 2.25. The number of carbonyl (C=O) groups excluding carboxylic acids is 2. The van der Waals surface area contributed by atoms with Gasteiger partial charge in [-0.15, -0.1) is 0 Å². The molecule has 0 saturated carbocycles. The van der Waals surface area contributed by atoms with Crippen molar-refractivity contribution in [2.75, 3.05) is 18.4 Å². The first kappa shape index (κ1) is 14.4. The first-order valence-electron chi connectivity index (χ1n) is 6.91. The van der Waals surface area contributed by atoms with Crippen LogP contribution in [0, 0.1) is 11.8 Å². The van der Waals surface area contributed by atoms with Crippen molar-refractivity contribution in [1.82, 2.24) is 4.90 Å². The molecule has 1 fully saturated rings. The summed E-state index contributed by atoms with van der Waals surface area (Å²) in [6.45, 7) is 5.85. The summed E-state index contributed by atoms with van der Waals surface area (Å²) in [6.07, 6.45) is 1.15. The van der Waals surface area contributed by atoms with Gasteiger partial charge in [-0.2, -0.15) is 0 Å². The minimum absolute atomic E-state index is 0.120.